The van der Waals surface area contributed by atoms with Crippen LogP contribution in [0.15, 0.2) is 0 Å². The molecule has 2 saturated carbocycles. The minimum Gasteiger partial charge on any atom is -0.481 e. The van der Waals surface area contributed by atoms with Crippen molar-refractivity contribution >= 4 is 5.97 Å². The molecule has 2 aliphatic carbocycles. The third-order valence-corrected chi connectivity index (χ3v) is 8.08. The van der Waals surface area contributed by atoms with Crippen LogP contribution in [0.3, 0.4) is 0 Å². The second-order valence-electron chi connectivity index (χ2n) is 10.5. The van der Waals surface area contributed by atoms with E-state index in [-0.39, 0.29) is 12.0 Å². The monoisotopic (exact) mass is 440 g/mol. The summed E-state index contributed by atoms with van der Waals surface area (Å²) < 4.78 is 0. The molecule has 5 heteroatoms. The van der Waals surface area contributed by atoms with E-state index in [9.17, 15) is 25.2 Å². The van der Waals surface area contributed by atoms with Gasteiger partial charge in [-0.2, -0.15) is 0 Å². The molecular weight excluding hydrogens is 392 g/mol. The van der Waals surface area contributed by atoms with Crippen LogP contribution in [0.25, 0.3) is 0 Å². The average Bonchev–Trinajstić information content (AvgIpc) is 3.12. The zero-order valence-electron chi connectivity index (χ0n) is 19.8. The van der Waals surface area contributed by atoms with E-state index in [2.05, 4.69) is 6.92 Å². The third kappa shape index (κ3) is 8.66. The number of carbonyl (C=O) groups is 1. The number of hydrogen-bond donors (Lipinski definition) is 4. The number of fused-ring (bicyclic) bond motifs is 1. The SMILES string of the molecule is CCCCCCC[C@H](O)CCCCCC[C@H](C(=O)O)[C@H](O)[C@H]1CC[C@@H]2CCC[C@]2(O)C1. The van der Waals surface area contributed by atoms with Crippen LogP contribution < -0.4 is 0 Å². The van der Waals surface area contributed by atoms with Crippen molar-refractivity contribution in [3.05, 3.63) is 0 Å². The molecule has 0 unspecified atom stereocenters. The molecule has 0 aromatic heterocycles. The van der Waals surface area contributed by atoms with E-state index in [0.717, 1.165) is 77.0 Å². The van der Waals surface area contributed by atoms with E-state index in [1.54, 1.807) is 0 Å². The Kier molecular flexibility index (Phi) is 11.8. The molecule has 0 radical (unpaired) electrons. The highest BCUT2D eigenvalue weighted by Gasteiger charge is 2.48. The topological polar surface area (TPSA) is 98.0 Å². The summed E-state index contributed by atoms with van der Waals surface area (Å²) in [6, 6.07) is 0. The molecule has 6 atom stereocenters. The van der Waals surface area contributed by atoms with Gasteiger partial charge in [0.2, 0.25) is 0 Å². The van der Waals surface area contributed by atoms with E-state index in [1.807, 2.05) is 0 Å². The van der Waals surface area contributed by atoms with Crippen LogP contribution in [-0.4, -0.2) is 44.2 Å². The molecule has 2 rings (SSSR count). The minimum atomic E-state index is -0.911. The Balaban J connectivity index is 1.61. The van der Waals surface area contributed by atoms with Gasteiger partial charge in [-0.05, 0) is 63.2 Å². The van der Waals surface area contributed by atoms with Gasteiger partial charge in [0.25, 0.3) is 0 Å². The molecule has 0 aliphatic heterocycles. The molecule has 2 fully saturated rings. The second-order valence-corrected chi connectivity index (χ2v) is 10.5. The maximum Gasteiger partial charge on any atom is 0.309 e. The number of hydrogen-bond acceptors (Lipinski definition) is 4. The highest BCUT2D eigenvalue weighted by molar-refractivity contribution is 5.70. The van der Waals surface area contributed by atoms with Crippen molar-refractivity contribution in [2.24, 2.45) is 17.8 Å². The molecule has 0 amide bonds. The third-order valence-electron chi connectivity index (χ3n) is 8.08. The number of unbranched alkanes of at least 4 members (excludes halogenated alkanes) is 7. The van der Waals surface area contributed by atoms with Crippen molar-refractivity contribution in [2.45, 2.75) is 140 Å². The molecule has 0 saturated heterocycles. The highest BCUT2D eigenvalue weighted by atomic mass is 16.4. The van der Waals surface area contributed by atoms with Crippen molar-refractivity contribution in [2.75, 3.05) is 0 Å². The van der Waals surface area contributed by atoms with Crippen LogP contribution in [0.5, 0.6) is 0 Å². The number of aliphatic hydroxyl groups is 3. The highest BCUT2D eigenvalue weighted by Crippen LogP contribution is 2.49. The number of aliphatic carboxylic acids is 1. The first-order valence-electron chi connectivity index (χ1n) is 13.2. The first-order chi connectivity index (χ1) is 14.9. The Labute approximate surface area is 189 Å². The van der Waals surface area contributed by atoms with Crippen molar-refractivity contribution in [1.29, 1.82) is 0 Å². The van der Waals surface area contributed by atoms with Crippen LogP contribution in [0.1, 0.15) is 122 Å². The Morgan fingerprint density at radius 3 is 2.13 bits per heavy atom. The summed E-state index contributed by atoms with van der Waals surface area (Å²) in [7, 11) is 0. The maximum absolute atomic E-state index is 11.8. The van der Waals surface area contributed by atoms with E-state index < -0.39 is 23.6 Å². The zero-order chi connectivity index (χ0) is 22.7. The van der Waals surface area contributed by atoms with E-state index in [1.165, 1.54) is 25.7 Å². The lowest BCUT2D eigenvalue weighted by atomic mass is 9.69. The molecule has 0 bridgehead atoms. The fraction of sp³-hybridized carbons (Fsp3) is 0.962. The van der Waals surface area contributed by atoms with Crippen LogP contribution in [-0.2, 0) is 4.79 Å². The summed E-state index contributed by atoms with van der Waals surface area (Å²) in [5.41, 5.74) is -0.677. The van der Waals surface area contributed by atoms with Crippen molar-refractivity contribution < 1.29 is 25.2 Å². The summed E-state index contributed by atoms with van der Waals surface area (Å²) in [6.45, 7) is 2.21. The summed E-state index contributed by atoms with van der Waals surface area (Å²) in [5.74, 6) is -1.41. The molecule has 0 aromatic carbocycles. The first-order valence-corrected chi connectivity index (χ1v) is 13.2. The summed E-state index contributed by atoms with van der Waals surface area (Å²) >= 11 is 0. The van der Waals surface area contributed by atoms with Gasteiger partial charge in [0.05, 0.1) is 23.7 Å². The van der Waals surface area contributed by atoms with Gasteiger partial charge < -0.3 is 20.4 Å². The number of carboxylic acids is 1. The standard InChI is InChI=1S/C26H48O5/c1-2-3-4-5-8-13-22(27)14-9-6-7-10-15-23(25(29)30)24(28)20-16-17-21-12-11-18-26(21,31)19-20/h20-24,27-28,31H,2-19H2,1H3,(H,29,30)/t20-,21-,22-,23-,24+,26-/m0/s1. The predicted octanol–water partition coefficient (Wildman–Crippen LogP) is 5.44. The zero-order valence-corrected chi connectivity index (χ0v) is 19.8. The Morgan fingerprint density at radius 1 is 0.903 bits per heavy atom. The van der Waals surface area contributed by atoms with Gasteiger partial charge in [-0.3, -0.25) is 4.79 Å². The van der Waals surface area contributed by atoms with E-state index in [0.29, 0.717) is 18.8 Å². The van der Waals surface area contributed by atoms with Crippen LogP contribution in [0, 0.1) is 17.8 Å². The van der Waals surface area contributed by atoms with Crippen molar-refractivity contribution in [3.8, 4) is 0 Å². The largest absolute Gasteiger partial charge is 0.481 e. The van der Waals surface area contributed by atoms with Gasteiger partial charge in [-0.25, -0.2) is 0 Å². The Bertz CT molecular complexity index is 510. The normalized spacial score (nSPS) is 28.8. The van der Waals surface area contributed by atoms with Gasteiger partial charge in [0.15, 0.2) is 0 Å². The molecule has 5 nitrogen and oxygen atoms in total. The molecule has 182 valence electrons. The quantitative estimate of drug-likeness (QED) is 0.240. The minimum absolute atomic E-state index is 0.104. The van der Waals surface area contributed by atoms with Gasteiger partial charge in [-0.1, -0.05) is 71.1 Å². The lowest BCUT2D eigenvalue weighted by Gasteiger charge is -2.42. The summed E-state index contributed by atoms with van der Waals surface area (Å²) in [6.07, 6.45) is 16.2. The van der Waals surface area contributed by atoms with Crippen molar-refractivity contribution in [1.82, 2.24) is 0 Å². The molecule has 4 N–H and O–H groups in total. The number of rotatable bonds is 16. The maximum atomic E-state index is 11.8. The predicted molar refractivity (Wildman–Crippen MR) is 124 cm³/mol. The molecule has 0 aromatic rings. The Hall–Kier alpha value is -0.650. The molecule has 2 aliphatic rings. The Morgan fingerprint density at radius 2 is 1.52 bits per heavy atom. The molecule has 0 spiro atoms. The van der Waals surface area contributed by atoms with Gasteiger partial charge in [0, 0.05) is 0 Å². The molecule has 0 heterocycles. The molecule has 31 heavy (non-hydrogen) atoms. The number of carboxylic acid groups (broad SMARTS) is 1. The smallest absolute Gasteiger partial charge is 0.309 e. The molecular formula is C26H48O5. The lowest BCUT2D eigenvalue weighted by molar-refractivity contribution is -0.150. The lowest BCUT2D eigenvalue weighted by Crippen LogP contribution is -2.45. The van der Waals surface area contributed by atoms with Gasteiger partial charge in [0.1, 0.15) is 0 Å². The fourth-order valence-electron chi connectivity index (χ4n) is 6.07. The summed E-state index contributed by atoms with van der Waals surface area (Å²) in [5, 5.41) is 41.5. The first kappa shape index (κ1) is 26.6. The van der Waals surface area contributed by atoms with Crippen molar-refractivity contribution in [3.63, 3.8) is 0 Å². The van der Waals surface area contributed by atoms with Gasteiger partial charge in [-0.15, -0.1) is 0 Å². The average molecular weight is 441 g/mol. The number of aliphatic hydroxyl groups excluding tert-OH is 2. The van der Waals surface area contributed by atoms with E-state index in [4.69, 9.17) is 0 Å². The van der Waals surface area contributed by atoms with Crippen LogP contribution >= 0.6 is 0 Å². The van der Waals surface area contributed by atoms with Crippen LogP contribution in [0.2, 0.25) is 0 Å². The second kappa shape index (κ2) is 13.8. The van der Waals surface area contributed by atoms with E-state index >= 15 is 0 Å². The fourth-order valence-corrected chi connectivity index (χ4v) is 6.07. The summed E-state index contributed by atoms with van der Waals surface area (Å²) in [4.78, 5) is 11.8. The van der Waals surface area contributed by atoms with Crippen LogP contribution in [0.4, 0.5) is 0 Å². The van der Waals surface area contributed by atoms with Gasteiger partial charge >= 0.3 is 5.97 Å².